The Balaban J connectivity index is 0.00000144. The van der Waals surface area contributed by atoms with Gasteiger partial charge in [-0.3, -0.25) is 4.90 Å². The molecule has 0 aliphatic carbocycles. The molecule has 1 aromatic rings. The Kier molecular flexibility index (Phi) is 6.12. The lowest BCUT2D eigenvalue weighted by Gasteiger charge is -2.31. The van der Waals surface area contributed by atoms with E-state index in [0.29, 0.717) is 11.3 Å². The van der Waals surface area contributed by atoms with Crippen LogP contribution in [0.2, 0.25) is 5.28 Å². The van der Waals surface area contributed by atoms with E-state index < -0.39 is 0 Å². The largest absolute Gasteiger partial charge is 0.317 e. The van der Waals surface area contributed by atoms with Crippen molar-refractivity contribution in [3.63, 3.8) is 0 Å². The minimum atomic E-state index is 0. The molecular weight excluding hydrogens is 259 g/mol. The lowest BCUT2D eigenvalue weighted by molar-refractivity contribution is 0.190. The number of hydrogen-bond acceptors (Lipinski definition) is 4. The van der Waals surface area contributed by atoms with Gasteiger partial charge in [-0.15, -0.1) is 12.4 Å². The van der Waals surface area contributed by atoms with Crippen molar-refractivity contribution < 1.29 is 0 Å². The van der Waals surface area contributed by atoms with Crippen molar-refractivity contribution in [1.82, 2.24) is 20.2 Å². The number of rotatable bonds is 3. The molecule has 1 fully saturated rings. The Morgan fingerprint density at radius 1 is 1.47 bits per heavy atom. The number of nitrogens with zero attached hydrogens (tertiary/aromatic N) is 3. The van der Waals surface area contributed by atoms with E-state index in [1.807, 2.05) is 6.07 Å². The van der Waals surface area contributed by atoms with Crippen LogP contribution in [0.3, 0.4) is 0 Å². The third-order valence-electron chi connectivity index (χ3n) is 3.03. The number of piperidine rings is 1. The summed E-state index contributed by atoms with van der Waals surface area (Å²) in [4.78, 5) is 10.4. The van der Waals surface area contributed by atoms with Crippen molar-refractivity contribution in [2.24, 2.45) is 0 Å². The van der Waals surface area contributed by atoms with Crippen LogP contribution in [0.15, 0.2) is 12.3 Å². The summed E-state index contributed by atoms with van der Waals surface area (Å²) in [5, 5.41) is 3.70. The molecule has 0 radical (unpaired) electrons. The maximum absolute atomic E-state index is 5.76. The first-order valence-corrected chi connectivity index (χ1v) is 6.02. The number of halogens is 2. The van der Waals surface area contributed by atoms with Gasteiger partial charge >= 0.3 is 0 Å². The van der Waals surface area contributed by atoms with Crippen LogP contribution in [0.25, 0.3) is 0 Å². The molecule has 1 saturated heterocycles. The predicted molar refractivity (Wildman–Crippen MR) is 71.6 cm³/mol. The van der Waals surface area contributed by atoms with E-state index in [1.54, 1.807) is 6.20 Å². The second-order valence-electron chi connectivity index (χ2n) is 4.21. The third-order valence-corrected chi connectivity index (χ3v) is 3.21. The summed E-state index contributed by atoms with van der Waals surface area (Å²) in [5.74, 6) is 0. The highest BCUT2D eigenvalue weighted by Gasteiger charge is 2.17. The first-order chi connectivity index (χ1) is 7.75. The van der Waals surface area contributed by atoms with E-state index in [9.17, 15) is 0 Å². The molecule has 0 atom stereocenters. The van der Waals surface area contributed by atoms with Gasteiger partial charge in [0.05, 0.1) is 5.69 Å². The van der Waals surface area contributed by atoms with Crippen LogP contribution in [0.1, 0.15) is 18.5 Å². The Hall–Kier alpha value is -0.420. The van der Waals surface area contributed by atoms with Crippen LogP contribution in [0, 0.1) is 0 Å². The van der Waals surface area contributed by atoms with Crippen molar-refractivity contribution >= 4 is 24.0 Å². The van der Waals surface area contributed by atoms with E-state index in [4.69, 9.17) is 11.6 Å². The van der Waals surface area contributed by atoms with Crippen molar-refractivity contribution in [3.05, 3.63) is 23.2 Å². The number of nitrogens with one attached hydrogen (secondary N) is 1. The van der Waals surface area contributed by atoms with Crippen molar-refractivity contribution in [1.29, 1.82) is 0 Å². The van der Waals surface area contributed by atoms with Gasteiger partial charge in [-0.1, -0.05) is 0 Å². The van der Waals surface area contributed by atoms with Crippen LogP contribution >= 0.6 is 24.0 Å². The summed E-state index contributed by atoms with van der Waals surface area (Å²) in [5.41, 5.74) is 0.987. The fraction of sp³-hybridized carbons (Fsp3) is 0.636. The van der Waals surface area contributed by atoms with Gasteiger partial charge in [0.2, 0.25) is 5.28 Å². The minimum Gasteiger partial charge on any atom is -0.317 e. The molecule has 96 valence electrons. The lowest BCUT2D eigenvalue weighted by Crippen LogP contribution is -2.40. The van der Waals surface area contributed by atoms with Gasteiger partial charge in [0.1, 0.15) is 0 Å². The first-order valence-electron chi connectivity index (χ1n) is 5.64. The highest BCUT2D eigenvalue weighted by atomic mass is 35.5. The Morgan fingerprint density at radius 2 is 2.18 bits per heavy atom. The summed E-state index contributed by atoms with van der Waals surface area (Å²) in [7, 11) is 2.14. The van der Waals surface area contributed by atoms with E-state index in [2.05, 4.69) is 27.2 Å². The highest BCUT2D eigenvalue weighted by Crippen LogP contribution is 2.13. The summed E-state index contributed by atoms with van der Waals surface area (Å²) in [6.07, 6.45) is 4.12. The molecule has 1 aliphatic heterocycles. The van der Waals surface area contributed by atoms with Gasteiger partial charge in [0.15, 0.2) is 0 Å². The Morgan fingerprint density at radius 3 is 2.82 bits per heavy atom. The van der Waals surface area contributed by atoms with E-state index in [0.717, 1.165) is 25.3 Å². The first kappa shape index (κ1) is 14.6. The van der Waals surface area contributed by atoms with Crippen LogP contribution in [-0.2, 0) is 6.54 Å². The smallest absolute Gasteiger partial charge is 0.222 e. The molecule has 17 heavy (non-hydrogen) atoms. The second kappa shape index (κ2) is 7.11. The molecule has 2 heterocycles. The molecule has 0 spiro atoms. The van der Waals surface area contributed by atoms with Crippen LogP contribution in [0.5, 0.6) is 0 Å². The molecule has 0 unspecified atom stereocenters. The fourth-order valence-electron chi connectivity index (χ4n) is 2.09. The topological polar surface area (TPSA) is 41.1 Å². The zero-order chi connectivity index (χ0) is 11.4. The Bertz CT molecular complexity index is 342. The van der Waals surface area contributed by atoms with Gasteiger partial charge < -0.3 is 5.32 Å². The monoisotopic (exact) mass is 276 g/mol. The molecule has 0 amide bonds. The number of aromatic nitrogens is 2. The minimum absolute atomic E-state index is 0. The van der Waals surface area contributed by atoms with Crippen LogP contribution in [0.4, 0.5) is 0 Å². The quantitative estimate of drug-likeness (QED) is 0.854. The standard InChI is InChI=1S/C11H17ClN4.ClH/c1-16(10-3-5-13-6-4-10)8-9-2-7-14-11(12)15-9;/h2,7,10,13H,3-6,8H2,1H3;1H. The van der Waals surface area contributed by atoms with Gasteiger partial charge in [-0.05, 0) is 50.6 Å². The second-order valence-corrected chi connectivity index (χ2v) is 4.55. The predicted octanol–water partition coefficient (Wildman–Crippen LogP) is 1.74. The van der Waals surface area contributed by atoms with Gasteiger partial charge in [-0.2, -0.15) is 0 Å². The fourth-order valence-corrected chi connectivity index (χ4v) is 2.25. The van der Waals surface area contributed by atoms with E-state index in [1.165, 1.54) is 12.8 Å². The normalized spacial score (nSPS) is 16.9. The maximum atomic E-state index is 5.76. The molecule has 6 heteroatoms. The van der Waals surface area contributed by atoms with Crippen LogP contribution in [-0.4, -0.2) is 41.0 Å². The SMILES string of the molecule is CN(Cc1ccnc(Cl)n1)C1CCNCC1.Cl. The molecule has 2 rings (SSSR count). The van der Waals surface area contributed by atoms with Crippen molar-refractivity contribution in [2.45, 2.75) is 25.4 Å². The van der Waals surface area contributed by atoms with Crippen molar-refractivity contribution in [2.75, 3.05) is 20.1 Å². The molecule has 0 aromatic carbocycles. The molecule has 0 saturated carbocycles. The van der Waals surface area contributed by atoms with Crippen molar-refractivity contribution in [3.8, 4) is 0 Å². The van der Waals surface area contributed by atoms with Gasteiger partial charge in [-0.25, -0.2) is 9.97 Å². The average molecular weight is 277 g/mol. The zero-order valence-corrected chi connectivity index (χ0v) is 11.5. The molecule has 4 nitrogen and oxygen atoms in total. The van der Waals surface area contributed by atoms with E-state index in [-0.39, 0.29) is 12.4 Å². The summed E-state index contributed by atoms with van der Waals surface area (Å²) in [6, 6.07) is 2.57. The third kappa shape index (κ3) is 4.39. The summed E-state index contributed by atoms with van der Waals surface area (Å²) in [6.45, 7) is 3.06. The maximum Gasteiger partial charge on any atom is 0.222 e. The average Bonchev–Trinajstić information content (AvgIpc) is 2.30. The highest BCUT2D eigenvalue weighted by molar-refractivity contribution is 6.28. The zero-order valence-electron chi connectivity index (χ0n) is 9.90. The van der Waals surface area contributed by atoms with E-state index >= 15 is 0 Å². The lowest BCUT2D eigenvalue weighted by atomic mass is 10.1. The molecule has 1 N–H and O–H groups in total. The van der Waals surface area contributed by atoms with Gasteiger partial charge in [0.25, 0.3) is 0 Å². The molecule has 1 aliphatic rings. The molecular formula is C11H18Cl2N4. The molecule has 1 aromatic heterocycles. The van der Waals surface area contributed by atoms with Crippen LogP contribution < -0.4 is 5.32 Å². The Labute approximate surface area is 113 Å². The van der Waals surface area contributed by atoms with Gasteiger partial charge in [0, 0.05) is 18.8 Å². The summed E-state index contributed by atoms with van der Waals surface area (Å²) < 4.78 is 0. The number of hydrogen-bond donors (Lipinski definition) is 1. The summed E-state index contributed by atoms with van der Waals surface area (Å²) >= 11 is 5.76. The molecule has 0 bridgehead atoms.